The second-order valence-electron chi connectivity index (χ2n) is 12.2. The van der Waals surface area contributed by atoms with Gasteiger partial charge in [0, 0.05) is 37.9 Å². The number of piperazine rings is 1. The maximum atomic E-state index is 13.9. The van der Waals surface area contributed by atoms with Crippen molar-refractivity contribution in [1.29, 1.82) is 0 Å². The number of aldehydes is 1. The standard InChI is InChI=1S/C26H32F2N4O2S.C9H18N2O2.C2H6/c1-4-16-7-6-8-23(18(5-2)11-16)35-31-14-21(29)25(33)32-22(26(34)30(3)15-24(31)32)13-17-9-10-19(27)20(28)12-17;1-2-8(10)9(13)11-6-4-3-5-7-12;1-2/h6-7,9-12,21-22,24H,4-5,8,13-15,29H2,1-3H3;7-8H,2-6,10H2,1H3,(H,11,13);1-2H3. The number of benzene rings is 1. The zero-order valence-corrected chi connectivity index (χ0v) is 31.2. The van der Waals surface area contributed by atoms with E-state index in [1.54, 1.807) is 28.8 Å². The molecular weight excluding hydrogens is 663 g/mol. The number of allylic oxidation sites excluding steroid dienone is 6. The molecule has 0 spiro atoms. The van der Waals surface area contributed by atoms with Crippen LogP contribution in [0.2, 0.25) is 0 Å². The van der Waals surface area contributed by atoms with Gasteiger partial charge >= 0.3 is 0 Å². The fraction of sp³-hybridized carbons (Fsp3) is 0.568. The lowest BCUT2D eigenvalue weighted by Gasteiger charge is -2.52. The predicted octanol–water partition coefficient (Wildman–Crippen LogP) is 4.99. The van der Waals surface area contributed by atoms with Crippen LogP contribution in [0.1, 0.15) is 85.1 Å². The largest absolute Gasteiger partial charge is 0.355 e. The summed E-state index contributed by atoms with van der Waals surface area (Å²) >= 11 is 1.60. The Hall–Kier alpha value is -3.39. The van der Waals surface area contributed by atoms with Gasteiger partial charge in [-0.15, -0.1) is 0 Å². The van der Waals surface area contributed by atoms with Crippen molar-refractivity contribution in [2.75, 3.05) is 26.7 Å². The number of rotatable bonds is 13. The number of hydrogen-bond donors (Lipinski definition) is 3. The summed E-state index contributed by atoms with van der Waals surface area (Å²) in [4.78, 5) is 51.9. The summed E-state index contributed by atoms with van der Waals surface area (Å²) in [5, 5.41) is 2.71. The number of carbonyl (C=O) groups excluding carboxylic acids is 4. The lowest BCUT2D eigenvalue weighted by atomic mass is 9.97. The quantitative estimate of drug-likeness (QED) is 0.147. The van der Waals surface area contributed by atoms with E-state index < -0.39 is 29.8 Å². The Morgan fingerprint density at radius 1 is 1.08 bits per heavy atom. The fourth-order valence-corrected chi connectivity index (χ4v) is 7.03. The van der Waals surface area contributed by atoms with E-state index in [1.807, 2.05) is 20.8 Å². The number of nitrogens with zero attached hydrogens (tertiary/aromatic N) is 3. The third-order valence-corrected chi connectivity index (χ3v) is 9.92. The Kier molecular flexibility index (Phi) is 18.6. The van der Waals surface area contributed by atoms with E-state index in [4.69, 9.17) is 11.5 Å². The summed E-state index contributed by atoms with van der Waals surface area (Å²) in [5.74, 6) is -2.56. The Morgan fingerprint density at radius 3 is 2.42 bits per heavy atom. The molecular formula is C37H56F2N6O4S. The molecule has 10 nitrogen and oxygen atoms in total. The Balaban J connectivity index is 0.000000489. The fourth-order valence-electron chi connectivity index (χ4n) is 5.73. The third kappa shape index (κ3) is 11.9. The molecule has 1 aromatic rings. The van der Waals surface area contributed by atoms with E-state index >= 15 is 0 Å². The SMILES string of the molecule is CC.CCC(N)C(=O)NCCCCC=O.CCC1=CC(CC)=C(SN2CC(N)C(=O)N3C(Cc4ccc(F)c(F)c4)C(=O)N(C)CC23)CC=C1. The van der Waals surface area contributed by atoms with Crippen molar-refractivity contribution in [3.63, 3.8) is 0 Å². The van der Waals surface area contributed by atoms with Crippen molar-refractivity contribution < 1.29 is 28.0 Å². The molecule has 278 valence electrons. The minimum absolute atomic E-state index is 0.0854. The first-order chi connectivity index (χ1) is 23.9. The third-order valence-electron chi connectivity index (χ3n) is 8.64. The van der Waals surface area contributed by atoms with E-state index in [1.165, 1.54) is 22.1 Å². The zero-order chi connectivity index (χ0) is 37.4. The van der Waals surface area contributed by atoms with Crippen LogP contribution in [0.25, 0.3) is 0 Å². The van der Waals surface area contributed by atoms with Gasteiger partial charge in [-0.2, -0.15) is 0 Å². The first-order valence-corrected chi connectivity index (χ1v) is 18.5. The molecule has 2 fully saturated rings. The van der Waals surface area contributed by atoms with E-state index in [2.05, 4.69) is 41.7 Å². The van der Waals surface area contributed by atoms with Crippen LogP contribution in [-0.2, 0) is 25.6 Å². The highest BCUT2D eigenvalue weighted by Gasteiger charge is 2.49. The number of amides is 3. The van der Waals surface area contributed by atoms with Crippen LogP contribution in [-0.4, -0.2) is 89.1 Å². The number of nitrogens with one attached hydrogen (secondary N) is 1. The van der Waals surface area contributed by atoms with Gasteiger partial charge in [0.15, 0.2) is 11.6 Å². The molecule has 2 saturated heterocycles. The van der Waals surface area contributed by atoms with Crippen LogP contribution >= 0.6 is 11.9 Å². The van der Waals surface area contributed by atoms with Crippen LogP contribution in [0.5, 0.6) is 0 Å². The molecule has 1 aliphatic carbocycles. The van der Waals surface area contributed by atoms with Crippen molar-refractivity contribution in [1.82, 2.24) is 19.4 Å². The minimum Gasteiger partial charge on any atom is -0.355 e. The van der Waals surface area contributed by atoms with Gasteiger partial charge in [0.25, 0.3) is 0 Å². The monoisotopic (exact) mass is 718 g/mol. The van der Waals surface area contributed by atoms with Gasteiger partial charge in [0.2, 0.25) is 17.7 Å². The molecule has 1 aromatic carbocycles. The molecule has 0 aromatic heterocycles. The maximum absolute atomic E-state index is 13.9. The average Bonchev–Trinajstić information content (AvgIpc) is 3.32. The smallest absolute Gasteiger partial charge is 0.245 e. The number of nitrogens with two attached hydrogens (primary N) is 2. The molecule has 2 heterocycles. The Morgan fingerprint density at radius 2 is 1.80 bits per heavy atom. The van der Waals surface area contributed by atoms with Crippen LogP contribution in [0.3, 0.4) is 0 Å². The molecule has 4 rings (SSSR count). The summed E-state index contributed by atoms with van der Waals surface area (Å²) in [6.45, 7) is 11.5. The molecule has 0 radical (unpaired) electrons. The second-order valence-corrected chi connectivity index (χ2v) is 13.3. The number of unbranched alkanes of at least 4 members (excludes halogenated alkanes) is 2. The number of likely N-dealkylation sites (N-methyl/N-ethyl adjacent to an activating group) is 1. The number of carbonyl (C=O) groups is 4. The summed E-state index contributed by atoms with van der Waals surface area (Å²) in [6, 6.07) is 1.56. The topological polar surface area (TPSA) is 142 Å². The normalized spacial score (nSPS) is 21.2. The summed E-state index contributed by atoms with van der Waals surface area (Å²) in [5.41, 5.74) is 14.8. The van der Waals surface area contributed by atoms with Gasteiger partial charge in [-0.3, -0.25) is 14.4 Å². The molecule has 13 heteroatoms. The number of halogens is 2. The average molecular weight is 719 g/mol. The van der Waals surface area contributed by atoms with E-state index in [9.17, 15) is 28.0 Å². The van der Waals surface area contributed by atoms with Gasteiger partial charge in [-0.1, -0.05) is 58.9 Å². The van der Waals surface area contributed by atoms with Gasteiger partial charge < -0.3 is 31.4 Å². The van der Waals surface area contributed by atoms with E-state index in [-0.39, 0.29) is 30.3 Å². The Bertz CT molecular complexity index is 1400. The van der Waals surface area contributed by atoms with E-state index in [0.29, 0.717) is 38.0 Å². The molecule has 5 N–H and O–H groups in total. The van der Waals surface area contributed by atoms with Crippen molar-refractivity contribution >= 4 is 36.0 Å². The lowest BCUT2D eigenvalue weighted by molar-refractivity contribution is -0.164. The highest BCUT2D eigenvalue weighted by Crippen LogP contribution is 2.38. The zero-order valence-electron chi connectivity index (χ0n) is 30.4. The highest BCUT2D eigenvalue weighted by molar-refractivity contribution is 8.00. The van der Waals surface area contributed by atoms with Crippen molar-refractivity contribution in [2.24, 2.45) is 11.5 Å². The number of hydrogen-bond acceptors (Lipinski definition) is 8. The Labute approximate surface area is 300 Å². The predicted molar refractivity (Wildman–Crippen MR) is 196 cm³/mol. The van der Waals surface area contributed by atoms with Crippen molar-refractivity contribution in [3.8, 4) is 0 Å². The first-order valence-electron chi connectivity index (χ1n) is 17.7. The first kappa shape index (κ1) is 42.8. The summed E-state index contributed by atoms with van der Waals surface area (Å²) < 4.78 is 29.4. The molecule has 3 aliphatic rings. The van der Waals surface area contributed by atoms with Crippen LogP contribution < -0.4 is 16.8 Å². The molecule has 2 aliphatic heterocycles. The van der Waals surface area contributed by atoms with Crippen molar-refractivity contribution in [3.05, 3.63) is 69.7 Å². The van der Waals surface area contributed by atoms with Crippen LogP contribution in [0.4, 0.5) is 8.78 Å². The maximum Gasteiger partial charge on any atom is 0.245 e. The van der Waals surface area contributed by atoms with Gasteiger partial charge in [0.05, 0.1) is 18.6 Å². The molecule has 4 atom stereocenters. The van der Waals surface area contributed by atoms with Gasteiger partial charge in [-0.25, -0.2) is 13.1 Å². The summed E-state index contributed by atoms with van der Waals surface area (Å²) in [7, 11) is 1.71. The highest BCUT2D eigenvalue weighted by atomic mass is 32.2. The molecule has 0 saturated carbocycles. The van der Waals surface area contributed by atoms with Gasteiger partial charge in [0.1, 0.15) is 18.5 Å². The number of fused-ring (bicyclic) bond motifs is 1. The van der Waals surface area contributed by atoms with Crippen LogP contribution in [0.15, 0.2) is 52.5 Å². The summed E-state index contributed by atoms with van der Waals surface area (Å²) in [6.07, 6.45) is 12.7. The minimum atomic E-state index is -0.977. The van der Waals surface area contributed by atoms with Crippen molar-refractivity contribution in [2.45, 2.75) is 110 Å². The molecule has 4 unspecified atom stereocenters. The lowest BCUT2D eigenvalue weighted by Crippen LogP contribution is -2.73. The molecule has 0 bridgehead atoms. The van der Waals surface area contributed by atoms with Gasteiger partial charge in [-0.05, 0) is 79.3 Å². The molecule has 3 amide bonds. The van der Waals surface area contributed by atoms with E-state index in [0.717, 1.165) is 50.5 Å². The molecule has 50 heavy (non-hydrogen) atoms. The second kappa shape index (κ2) is 21.7. The van der Waals surface area contributed by atoms with Crippen LogP contribution in [0, 0.1) is 11.6 Å².